The maximum atomic E-state index is 16.5. The number of alkyl halides is 3. The van der Waals surface area contributed by atoms with Crippen LogP contribution in [-0.2, 0) is 59.3 Å². The highest BCUT2D eigenvalue weighted by molar-refractivity contribution is 7.10. The number of likely N-dealkylation sites (N-methyl/N-ethyl adjacent to an activating group) is 2. The molecule has 4 aromatic rings. The van der Waals surface area contributed by atoms with Gasteiger partial charge in [0.2, 0.25) is 11.8 Å². The highest BCUT2D eigenvalue weighted by Gasteiger charge is 2.48. The molecule has 0 saturated carbocycles. The molecule has 3 aromatic heterocycles. The molecule has 0 aliphatic carbocycles. The molecule has 6 bridgehead atoms. The van der Waals surface area contributed by atoms with Crippen LogP contribution in [0.2, 0.25) is 0 Å². The van der Waals surface area contributed by atoms with Gasteiger partial charge in [0.25, 0.3) is 17.7 Å². The molecule has 2 N–H and O–H groups in total. The molecule has 0 spiro atoms. The van der Waals surface area contributed by atoms with E-state index in [1.54, 1.807) is 31.6 Å². The van der Waals surface area contributed by atoms with Crippen molar-refractivity contribution in [2.45, 2.75) is 122 Å². The average Bonchev–Trinajstić information content (AvgIpc) is 3.98. The maximum absolute atomic E-state index is 16.5. The van der Waals surface area contributed by atoms with Crippen LogP contribution >= 0.6 is 11.3 Å². The number of nitrogens with zero attached hydrogens (tertiary/aromatic N) is 8. The summed E-state index contributed by atoms with van der Waals surface area (Å²) in [5.41, 5.74) is 5.71. The number of halogens is 3. The molecule has 1 aromatic carbocycles. The largest absolute Gasteiger partial charge is 0.464 e. The van der Waals surface area contributed by atoms with Gasteiger partial charge in [-0.05, 0) is 74.6 Å². The number of hydrogen-bond donors (Lipinski definition) is 2. The minimum absolute atomic E-state index is 0.00376. The first-order valence-corrected chi connectivity index (χ1v) is 27.3. The van der Waals surface area contributed by atoms with Crippen LogP contribution in [0, 0.1) is 11.3 Å². The van der Waals surface area contributed by atoms with Crippen molar-refractivity contribution in [2.75, 3.05) is 78.5 Å². The van der Waals surface area contributed by atoms with E-state index in [0.717, 1.165) is 53.8 Å². The number of nitrogens with one attached hydrogen (secondary N) is 2. The number of hydrazine groups is 1. The number of rotatable bonds is 10. The van der Waals surface area contributed by atoms with Crippen molar-refractivity contribution in [2.24, 2.45) is 11.3 Å². The number of benzene rings is 1. The fraction of sp³-hybridized carbons (Fsp3) is 0.582. The number of fused-ring (bicyclic) bond motifs is 6. The maximum Gasteiger partial charge on any atom is 0.324 e. The molecule has 4 amide bonds. The molecule has 8 heterocycles. The number of methoxy groups -OCH3 is 1. The highest BCUT2D eigenvalue weighted by atomic mass is 32.1. The molecule has 21 heteroatoms. The van der Waals surface area contributed by atoms with Crippen molar-refractivity contribution < 1.29 is 46.6 Å². The molecule has 3 fully saturated rings. The number of thiazole rings is 1. The smallest absolute Gasteiger partial charge is 0.324 e. The summed E-state index contributed by atoms with van der Waals surface area (Å²) in [5, 5.41) is 7.22. The molecular formula is C55H71F3N10O7S. The van der Waals surface area contributed by atoms with Gasteiger partial charge in [-0.3, -0.25) is 34.0 Å². The third-order valence-electron chi connectivity index (χ3n) is 15.8. The number of carbonyl (C=O) groups is 5. The van der Waals surface area contributed by atoms with E-state index in [1.807, 2.05) is 38.4 Å². The molecule has 9 rings (SSSR count). The molecule has 5 aliphatic heterocycles. The fourth-order valence-corrected chi connectivity index (χ4v) is 12.5. The average molecular weight is 1070 g/mol. The lowest BCUT2D eigenvalue weighted by Crippen LogP contribution is -2.63. The molecular weight excluding hydrogens is 1000 g/mol. The summed E-state index contributed by atoms with van der Waals surface area (Å²) in [6.07, 6.45) is 2.43. The first-order valence-electron chi connectivity index (χ1n) is 26.4. The molecule has 0 unspecified atom stereocenters. The third-order valence-corrected chi connectivity index (χ3v) is 16.7. The summed E-state index contributed by atoms with van der Waals surface area (Å²) in [5.74, 6) is -6.80. The quantitative estimate of drug-likeness (QED) is 0.138. The number of piperidine rings is 1. The number of cyclic esters (lactones) is 1. The lowest BCUT2D eigenvalue weighted by atomic mass is 9.84. The SMILES string of the molecule is C=CC(=O)N1CCC(F)(C(=O)N(C)[C@H](C(=O)N[C@H]2Cc3nc(cs3)-c3cc4c5c(c3)c(c(-c3cc(N6CCN(C)CC6)cnc3[C@H](C)OC)n5CC(F)(F)C4)CC(C)(C)COC(=O)[C@@H]3CCCN(N3)C2=O)C(C)C)CC1. The third kappa shape index (κ3) is 11.0. The van der Waals surface area contributed by atoms with Crippen molar-refractivity contribution in [3.05, 3.63) is 64.3 Å². The summed E-state index contributed by atoms with van der Waals surface area (Å²) in [4.78, 5) is 86.8. The Bertz CT molecular complexity index is 2910. The van der Waals surface area contributed by atoms with Gasteiger partial charge in [0.15, 0.2) is 5.67 Å². The van der Waals surface area contributed by atoms with Crippen molar-refractivity contribution in [3.8, 4) is 22.5 Å². The molecule has 76 heavy (non-hydrogen) atoms. The Balaban J connectivity index is 1.13. The van der Waals surface area contributed by atoms with E-state index in [2.05, 4.69) is 40.2 Å². The van der Waals surface area contributed by atoms with Crippen LogP contribution in [0.5, 0.6) is 0 Å². The van der Waals surface area contributed by atoms with Gasteiger partial charge in [-0.25, -0.2) is 23.6 Å². The Morgan fingerprint density at radius 2 is 1.75 bits per heavy atom. The van der Waals surface area contributed by atoms with Gasteiger partial charge < -0.3 is 39.0 Å². The van der Waals surface area contributed by atoms with Gasteiger partial charge in [0, 0.05) is 113 Å². The number of anilines is 1. The zero-order chi connectivity index (χ0) is 54.6. The molecule has 17 nitrogen and oxygen atoms in total. The Labute approximate surface area is 446 Å². The van der Waals surface area contributed by atoms with Crippen LogP contribution in [0.25, 0.3) is 33.4 Å². The Morgan fingerprint density at radius 3 is 2.43 bits per heavy atom. The van der Waals surface area contributed by atoms with E-state index in [0.29, 0.717) is 63.6 Å². The predicted molar refractivity (Wildman–Crippen MR) is 283 cm³/mol. The van der Waals surface area contributed by atoms with Gasteiger partial charge >= 0.3 is 5.97 Å². The number of hydrogen-bond acceptors (Lipinski definition) is 13. The molecule has 4 atom stereocenters. The summed E-state index contributed by atoms with van der Waals surface area (Å²) >= 11 is 1.24. The fourth-order valence-electron chi connectivity index (χ4n) is 11.6. The van der Waals surface area contributed by atoms with Crippen molar-refractivity contribution in [1.29, 1.82) is 0 Å². The molecule has 3 saturated heterocycles. The number of pyridine rings is 1. The number of likely N-dealkylation sites (tertiary alicyclic amines) is 1. The van der Waals surface area contributed by atoms with E-state index >= 15 is 13.2 Å². The number of ether oxygens (including phenoxy) is 2. The van der Waals surface area contributed by atoms with E-state index in [9.17, 15) is 24.0 Å². The summed E-state index contributed by atoms with van der Waals surface area (Å²) in [7, 11) is 5.05. The first-order chi connectivity index (χ1) is 36.0. The van der Waals surface area contributed by atoms with Crippen LogP contribution in [0.3, 0.4) is 0 Å². The van der Waals surface area contributed by atoms with Gasteiger partial charge in [-0.15, -0.1) is 11.3 Å². The summed E-state index contributed by atoms with van der Waals surface area (Å²) < 4.78 is 63.3. The molecule has 0 radical (unpaired) electrons. The van der Waals surface area contributed by atoms with E-state index in [4.69, 9.17) is 19.4 Å². The van der Waals surface area contributed by atoms with Gasteiger partial charge in [0.05, 0.1) is 58.7 Å². The highest BCUT2D eigenvalue weighted by Crippen LogP contribution is 2.48. The predicted octanol–water partition coefficient (Wildman–Crippen LogP) is 6.13. The van der Waals surface area contributed by atoms with Gasteiger partial charge in [-0.2, -0.15) is 0 Å². The number of piperazine rings is 1. The van der Waals surface area contributed by atoms with Crippen LogP contribution in [0.4, 0.5) is 18.9 Å². The second-order valence-electron chi connectivity index (χ2n) is 22.5. The van der Waals surface area contributed by atoms with Gasteiger partial charge in [0.1, 0.15) is 18.1 Å². The zero-order valence-corrected chi connectivity index (χ0v) is 45.7. The van der Waals surface area contributed by atoms with Crippen molar-refractivity contribution >= 4 is 57.5 Å². The van der Waals surface area contributed by atoms with Crippen LogP contribution in [0.15, 0.2) is 42.4 Å². The first kappa shape index (κ1) is 54.9. The topological polar surface area (TPSA) is 175 Å². The zero-order valence-electron chi connectivity index (χ0n) is 44.8. The Morgan fingerprint density at radius 1 is 1.03 bits per heavy atom. The molecule has 410 valence electrons. The van der Waals surface area contributed by atoms with Crippen LogP contribution in [0.1, 0.15) is 88.2 Å². The molecule has 5 aliphatic rings. The van der Waals surface area contributed by atoms with Crippen LogP contribution < -0.4 is 15.6 Å². The lowest BCUT2D eigenvalue weighted by molar-refractivity contribution is -0.156. The lowest BCUT2D eigenvalue weighted by Gasteiger charge is -2.40. The number of amides is 4. The monoisotopic (exact) mass is 1070 g/mol. The second-order valence-corrected chi connectivity index (χ2v) is 23.5. The Hall–Kier alpha value is -5.90. The van der Waals surface area contributed by atoms with Crippen molar-refractivity contribution in [1.82, 2.24) is 45.0 Å². The van der Waals surface area contributed by atoms with Crippen molar-refractivity contribution in [3.63, 3.8) is 0 Å². The Kier molecular flexibility index (Phi) is 15.5. The van der Waals surface area contributed by atoms with E-state index < -0.39 is 83.8 Å². The minimum Gasteiger partial charge on any atom is -0.464 e. The second kappa shape index (κ2) is 21.5. The summed E-state index contributed by atoms with van der Waals surface area (Å²) in [6, 6.07) is 2.39. The number of esters is 1. The van der Waals surface area contributed by atoms with Crippen LogP contribution in [-0.4, -0.2) is 167 Å². The van der Waals surface area contributed by atoms with Gasteiger partial charge in [-0.1, -0.05) is 34.3 Å². The standard InChI is InChI=1S/C55H71F3N10O7S/c1-10-44(69)66-16-13-54(56,14-17-66)52(73)64(8)46(32(2)3)49(70)61-41-25-43-60-42(29-76-43)34-22-35-26-55(57,58)30-67-47(35)37(23-34)39(27-53(5,6)31-75-51(72)40-12-11-15-68(62-40)50(41)71)48(67)38-24-36(28-59-45(38)33(4)74-9)65-20-18-63(7)19-21-65/h10,22-24,28-29,32-33,40-41,46,62H,1,11-21,25-27,30-31H2,2-9H3,(H,61,70)/t33-,40-,41-,46-/m0/s1. The van der Waals surface area contributed by atoms with E-state index in [-0.39, 0.29) is 51.4 Å². The van der Waals surface area contributed by atoms with E-state index in [1.165, 1.54) is 28.3 Å². The summed E-state index contributed by atoms with van der Waals surface area (Å²) in [6.45, 7) is 15.6. The number of aromatic nitrogens is 3. The minimum atomic E-state index is -3.14. The number of carbonyl (C=O) groups excluding carboxylic acids is 5. The normalized spacial score (nSPS) is 22.7.